The molecule has 94 valence electrons. The summed E-state index contributed by atoms with van der Waals surface area (Å²) in [5.74, 6) is 0. The number of aliphatic hydroxyl groups excluding tert-OH is 1. The van der Waals surface area contributed by atoms with Crippen LogP contribution in [0.25, 0.3) is 0 Å². The van der Waals surface area contributed by atoms with Gasteiger partial charge in [0.25, 0.3) is 0 Å². The van der Waals surface area contributed by atoms with Gasteiger partial charge in [0.1, 0.15) is 0 Å². The summed E-state index contributed by atoms with van der Waals surface area (Å²) in [7, 11) is 2.13. The van der Waals surface area contributed by atoms with E-state index in [0.717, 1.165) is 37.4 Å². The minimum Gasteiger partial charge on any atom is -0.399 e. The van der Waals surface area contributed by atoms with E-state index in [2.05, 4.69) is 16.8 Å². The maximum atomic E-state index is 10.1. The molecule has 3 N–H and O–H groups in total. The van der Waals surface area contributed by atoms with E-state index in [1.165, 1.54) is 0 Å². The zero-order valence-electron chi connectivity index (χ0n) is 10.3. The molecule has 4 nitrogen and oxygen atoms in total. The molecule has 0 spiro atoms. The fraction of sp³-hybridized carbons (Fsp3) is 0.538. The number of piperazine rings is 1. The molecule has 17 heavy (non-hydrogen) atoms. The lowest BCUT2D eigenvalue weighted by molar-refractivity contribution is 0.0805. The van der Waals surface area contributed by atoms with Gasteiger partial charge in [-0.1, -0.05) is 12.1 Å². The van der Waals surface area contributed by atoms with Crippen LogP contribution in [0, 0.1) is 0 Å². The Kier molecular flexibility index (Phi) is 3.99. The van der Waals surface area contributed by atoms with E-state index in [4.69, 9.17) is 5.73 Å². The maximum Gasteiger partial charge on any atom is 0.0916 e. The lowest BCUT2D eigenvalue weighted by Gasteiger charge is -2.33. The van der Waals surface area contributed by atoms with Crippen LogP contribution in [0.15, 0.2) is 24.3 Å². The van der Waals surface area contributed by atoms with Gasteiger partial charge < -0.3 is 15.7 Å². The van der Waals surface area contributed by atoms with Crippen molar-refractivity contribution in [1.82, 2.24) is 9.80 Å². The molecule has 1 aliphatic heterocycles. The van der Waals surface area contributed by atoms with Gasteiger partial charge in [-0.05, 0) is 24.7 Å². The predicted molar refractivity (Wildman–Crippen MR) is 69.8 cm³/mol. The van der Waals surface area contributed by atoms with Gasteiger partial charge in [-0.15, -0.1) is 0 Å². The molecule has 0 unspecified atom stereocenters. The van der Waals surface area contributed by atoms with Crippen LogP contribution in [0.3, 0.4) is 0 Å². The number of aliphatic hydroxyl groups is 1. The smallest absolute Gasteiger partial charge is 0.0916 e. The third-order valence-electron chi connectivity index (χ3n) is 3.35. The number of anilines is 1. The first-order valence-electron chi connectivity index (χ1n) is 6.09. The average molecular weight is 235 g/mol. The molecule has 1 heterocycles. The lowest BCUT2D eigenvalue weighted by atomic mass is 10.1. The van der Waals surface area contributed by atoms with E-state index >= 15 is 0 Å². The highest BCUT2D eigenvalue weighted by atomic mass is 16.3. The molecule has 2 rings (SSSR count). The number of likely N-dealkylation sites (N-methyl/N-ethyl adjacent to an activating group) is 1. The molecule has 0 bridgehead atoms. The van der Waals surface area contributed by atoms with E-state index in [1.807, 2.05) is 24.3 Å². The normalized spacial score (nSPS) is 20.4. The van der Waals surface area contributed by atoms with Crippen LogP contribution in [0.2, 0.25) is 0 Å². The minimum absolute atomic E-state index is 0.418. The number of nitrogens with two attached hydrogens (primary N) is 1. The summed E-state index contributed by atoms with van der Waals surface area (Å²) in [6.45, 7) is 4.92. The van der Waals surface area contributed by atoms with Gasteiger partial charge in [-0.2, -0.15) is 0 Å². The molecular weight excluding hydrogens is 214 g/mol. The zero-order chi connectivity index (χ0) is 12.3. The first-order valence-corrected chi connectivity index (χ1v) is 6.09. The lowest BCUT2D eigenvalue weighted by Crippen LogP contribution is -2.45. The molecule has 1 aromatic rings. The van der Waals surface area contributed by atoms with Crippen LogP contribution < -0.4 is 5.73 Å². The van der Waals surface area contributed by atoms with Gasteiger partial charge >= 0.3 is 0 Å². The van der Waals surface area contributed by atoms with E-state index in [-0.39, 0.29) is 0 Å². The first-order chi connectivity index (χ1) is 8.15. The fourth-order valence-corrected chi connectivity index (χ4v) is 2.10. The number of nitrogens with zero attached hydrogens (tertiary/aromatic N) is 2. The second-order valence-corrected chi connectivity index (χ2v) is 4.79. The van der Waals surface area contributed by atoms with E-state index < -0.39 is 6.10 Å². The quantitative estimate of drug-likeness (QED) is 0.751. The number of benzene rings is 1. The fourth-order valence-electron chi connectivity index (χ4n) is 2.10. The van der Waals surface area contributed by atoms with Gasteiger partial charge in [-0.3, -0.25) is 4.90 Å². The van der Waals surface area contributed by atoms with E-state index in [9.17, 15) is 5.11 Å². The Morgan fingerprint density at radius 2 is 1.76 bits per heavy atom. The Bertz CT molecular complexity index is 344. The van der Waals surface area contributed by atoms with Crippen molar-refractivity contribution in [3.8, 4) is 0 Å². The monoisotopic (exact) mass is 235 g/mol. The van der Waals surface area contributed by atoms with Crippen molar-refractivity contribution in [1.29, 1.82) is 0 Å². The maximum absolute atomic E-state index is 10.1. The zero-order valence-corrected chi connectivity index (χ0v) is 10.3. The summed E-state index contributed by atoms with van der Waals surface area (Å²) >= 11 is 0. The number of β-amino-alcohol motifs (C(OH)–C–C–N with tert-alkyl or cyclic N) is 1. The van der Waals surface area contributed by atoms with Crippen LogP contribution >= 0.6 is 0 Å². The largest absolute Gasteiger partial charge is 0.399 e. The molecule has 1 fully saturated rings. The van der Waals surface area contributed by atoms with Gasteiger partial charge in [-0.25, -0.2) is 0 Å². The van der Waals surface area contributed by atoms with E-state index in [0.29, 0.717) is 6.54 Å². The van der Waals surface area contributed by atoms with Gasteiger partial charge in [0, 0.05) is 38.4 Å². The molecule has 1 aliphatic rings. The van der Waals surface area contributed by atoms with Crippen molar-refractivity contribution in [2.24, 2.45) is 0 Å². The molecule has 4 heteroatoms. The predicted octanol–water partition coefficient (Wildman–Crippen LogP) is 0.550. The van der Waals surface area contributed by atoms with Crippen molar-refractivity contribution >= 4 is 5.69 Å². The van der Waals surface area contributed by atoms with Gasteiger partial charge in [0.2, 0.25) is 0 Å². The van der Waals surface area contributed by atoms with Crippen LogP contribution in [-0.2, 0) is 0 Å². The molecule has 0 saturated carbocycles. The molecular formula is C13H21N3O. The molecule has 1 aromatic carbocycles. The number of rotatable bonds is 3. The molecule has 0 aromatic heterocycles. The highest BCUT2D eigenvalue weighted by molar-refractivity contribution is 5.39. The van der Waals surface area contributed by atoms with Crippen molar-refractivity contribution < 1.29 is 5.11 Å². The summed E-state index contributed by atoms with van der Waals surface area (Å²) in [4.78, 5) is 4.62. The highest BCUT2D eigenvalue weighted by Gasteiger charge is 2.17. The summed E-state index contributed by atoms with van der Waals surface area (Å²) in [6, 6.07) is 7.47. The Hall–Kier alpha value is -1.10. The number of hydrogen-bond acceptors (Lipinski definition) is 4. The summed E-state index contributed by atoms with van der Waals surface area (Å²) in [5, 5.41) is 10.1. The molecule has 0 aliphatic carbocycles. The molecule has 1 saturated heterocycles. The Labute approximate surface area is 103 Å². The highest BCUT2D eigenvalue weighted by Crippen LogP contribution is 2.16. The van der Waals surface area contributed by atoms with Crippen LogP contribution in [-0.4, -0.2) is 54.7 Å². The van der Waals surface area contributed by atoms with Crippen LogP contribution in [0.4, 0.5) is 5.69 Å². The number of hydrogen-bond donors (Lipinski definition) is 2. The topological polar surface area (TPSA) is 52.7 Å². The Morgan fingerprint density at radius 1 is 1.18 bits per heavy atom. The summed E-state index contributed by atoms with van der Waals surface area (Å²) in [5.41, 5.74) is 7.31. The van der Waals surface area contributed by atoms with Crippen LogP contribution in [0.1, 0.15) is 11.7 Å². The number of nitrogen functional groups attached to an aromatic ring is 1. The second kappa shape index (κ2) is 5.49. The van der Waals surface area contributed by atoms with Crippen molar-refractivity contribution in [3.05, 3.63) is 29.8 Å². The Balaban J connectivity index is 1.88. The SMILES string of the molecule is CN1CCN(C[C@@H](O)c2ccc(N)cc2)CC1. The van der Waals surface area contributed by atoms with Gasteiger partial charge in [0.05, 0.1) is 6.10 Å². The summed E-state index contributed by atoms with van der Waals surface area (Å²) < 4.78 is 0. The van der Waals surface area contributed by atoms with Crippen molar-refractivity contribution in [3.63, 3.8) is 0 Å². The first kappa shape index (κ1) is 12.4. The molecule has 1 atom stereocenters. The van der Waals surface area contributed by atoms with Crippen molar-refractivity contribution in [2.45, 2.75) is 6.10 Å². The average Bonchev–Trinajstić information content (AvgIpc) is 2.33. The second-order valence-electron chi connectivity index (χ2n) is 4.79. The third kappa shape index (κ3) is 3.43. The van der Waals surface area contributed by atoms with E-state index in [1.54, 1.807) is 0 Å². The Morgan fingerprint density at radius 3 is 2.35 bits per heavy atom. The van der Waals surface area contributed by atoms with Crippen LogP contribution in [0.5, 0.6) is 0 Å². The molecule has 0 radical (unpaired) electrons. The van der Waals surface area contributed by atoms with Crippen molar-refractivity contribution in [2.75, 3.05) is 45.5 Å². The minimum atomic E-state index is -0.418. The third-order valence-corrected chi connectivity index (χ3v) is 3.35. The van der Waals surface area contributed by atoms with Gasteiger partial charge in [0.15, 0.2) is 0 Å². The standard InChI is InChI=1S/C13H21N3O/c1-15-6-8-16(9-7-15)10-13(17)11-2-4-12(14)5-3-11/h2-5,13,17H,6-10,14H2,1H3/t13-/m1/s1. The molecule has 0 amide bonds. The summed E-state index contributed by atoms with van der Waals surface area (Å²) in [6.07, 6.45) is -0.418.